The Bertz CT molecular complexity index is 980. The summed E-state index contributed by atoms with van der Waals surface area (Å²) in [4.78, 5) is 12.8. The maximum Gasteiger partial charge on any atom is 0.257 e. The molecule has 0 bridgehead atoms. The van der Waals surface area contributed by atoms with Gasteiger partial charge in [-0.1, -0.05) is 36.4 Å². The number of hydrogen-bond acceptors (Lipinski definition) is 3. The van der Waals surface area contributed by atoms with Crippen LogP contribution in [0.1, 0.15) is 27.2 Å². The summed E-state index contributed by atoms with van der Waals surface area (Å²) in [7, 11) is -0.954. The maximum absolute atomic E-state index is 12.8. The van der Waals surface area contributed by atoms with Gasteiger partial charge in [0.2, 0.25) is 0 Å². The van der Waals surface area contributed by atoms with Crippen molar-refractivity contribution in [3.05, 3.63) is 77.0 Å². The SMILES string of the molecule is Cc1ccccc1C(=O)Nc1c2c(nn1-c1ccccc1)CS(=O)C2. The second kappa shape index (κ2) is 6.29. The highest BCUT2D eigenvalue weighted by Crippen LogP contribution is 2.31. The van der Waals surface area contributed by atoms with Crippen molar-refractivity contribution in [3.63, 3.8) is 0 Å². The van der Waals surface area contributed by atoms with E-state index in [0.29, 0.717) is 22.9 Å². The van der Waals surface area contributed by atoms with Crippen LogP contribution in [-0.4, -0.2) is 19.9 Å². The number of nitrogens with zero attached hydrogens (tertiary/aromatic N) is 2. The van der Waals surface area contributed by atoms with Crippen LogP contribution in [0.4, 0.5) is 5.82 Å². The fraction of sp³-hybridized carbons (Fsp3) is 0.158. The van der Waals surface area contributed by atoms with Gasteiger partial charge in [0.15, 0.2) is 0 Å². The fourth-order valence-corrected chi connectivity index (χ4v) is 4.28. The van der Waals surface area contributed by atoms with E-state index in [9.17, 15) is 9.00 Å². The van der Waals surface area contributed by atoms with Crippen LogP contribution in [0.2, 0.25) is 0 Å². The third kappa shape index (κ3) is 2.89. The van der Waals surface area contributed by atoms with Gasteiger partial charge in [-0.3, -0.25) is 9.00 Å². The van der Waals surface area contributed by atoms with Crippen LogP contribution in [-0.2, 0) is 22.3 Å². The normalized spacial score (nSPS) is 15.8. The van der Waals surface area contributed by atoms with Crippen molar-refractivity contribution in [2.24, 2.45) is 0 Å². The smallest absolute Gasteiger partial charge is 0.257 e. The van der Waals surface area contributed by atoms with E-state index in [1.54, 1.807) is 10.7 Å². The Morgan fingerprint density at radius 2 is 1.80 bits per heavy atom. The zero-order valence-corrected chi connectivity index (χ0v) is 14.5. The number of amides is 1. The van der Waals surface area contributed by atoms with Crippen LogP contribution in [0, 0.1) is 6.92 Å². The van der Waals surface area contributed by atoms with Crippen molar-refractivity contribution in [2.45, 2.75) is 18.4 Å². The molecular formula is C19H17N3O2S. The minimum Gasteiger partial charge on any atom is -0.306 e. The summed E-state index contributed by atoms with van der Waals surface area (Å²) in [5, 5.41) is 7.58. The molecule has 0 radical (unpaired) electrons. The average molecular weight is 351 g/mol. The Morgan fingerprint density at radius 3 is 2.56 bits per heavy atom. The standard InChI is InChI=1S/C19H17N3O2S/c1-13-7-5-6-10-15(13)19(23)20-18-16-11-25(24)12-17(16)21-22(18)14-8-3-2-4-9-14/h2-10H,11-12H2,1H3,(H,20,23). The van der Waals surface area contributed by atoms with Gasteiger partial charge in [-0.25, -0.2) is 4.68 Å². The monoisotopic (exact) mass is 351 g/mol. The summed E-state index contributed by atoms with van der Waals surface area (Å²) < 4.78 is 13.7. The number of benzene rings is 2. The number of nitrogens with one attached hydrogen (secondary N) is 1. The third-order valence-corrected chi connectivity index (χ3v) is 5.50. The minimum absolute atomic E-state index is 0.185. The Labute approximate surface area is 148 Å². The number of anilines is 1. The molecule has 3 aromatic rings. The van der Waals surface area contributed by atoms with E-state index in [1.807, 2.05) is 55.5 Å². The van der Waals surface area contributed by atoms with E-state index in [-0.39, 0.29) is 5.91 Å². The lowest BCUT2D eigenvalue weighted by Gasteiger charge is -2.12. The van der Waals surface area contributed by atoms with Crippen LogP contribution < -0.4 is 5.32 Å². The number of para-hydroxylation sites is 1. The molecule has 0 saturated carbocycles. The molecule has 1 aliphatic rings. The van der Waals surface area contributed by atoms with Gasteiger partial charge in [-0.2, -0.15) is 5.10 Å². The maximum atomic E-state index is 12.8. The van der Waals surface area contributed by atoms with Crippen molar-refractivity contribution >= 4 is 22.5 Å². The summed E-state index contributed by atoms with van der Waals surface area (Å²) in [6, 6.07) is 17.1. The molecule has 0 aliphatic carbocycles. The fourth-order valence-electron chi connectivity index (χ4n) is 3.01. The zero-order chi connectivity index (χ0) is 17.4. The lowest BCUT2D eigenvalue weighted by atomic mass is 10.1. The first kappa shape index (κ1) is 15.8. The molecular weight excluding hydrogens is 334 g/mol. The average Bonchev–Trinajstić information content (AvgIpc) is 3.13. The van der Waals surface area contributed by atoms with Gasteiger partial charge in [-0.05, 0) is 30.7 Å². The molecule has 1 amide bonds. The van der Waals surface area contributed by atoms with Gasteiger partial charge >= 0.3 is 0 Å². The molecule has 1 atom stereocenters. The van der Waals surface area contributed by atoms with E-state index in [0.717, 1.165) is 22.5 Å². The molecule has 0 fully saturated rings. The van der Waals surface area contributed by atoms with Crippen molar-refractivity contribution in [1.82, 2.24) is 9.78 Å². The molecule has 1 aliphatic heterocycles. The van der Waals surface area contributed by atoms with E-state index >= 15 is 0 Å². The van der Waals surface area contributed by atoms with Crippen LogP contribution in [0.15, 0.2) is 54.6 Å². The summed E-state index contributed by atoms with van der Waals surface area (Å²) in [5.41, 5.74) is 4.05. The van der Waals surface area contributed by atoms with Gasteiger partial charge in [0.05, 0.1) is 22.9 Å². The summed E-state index contributed by atoms with van der Waals surface area (Å²) in [6.07, 6.45) is 0. The number of hydrogen-bond donors (Lipinski definition) is 1. The molecule has 4 rings (SSSR count). The molecule has 126 valence electrons. The Kier molecular flexibility index (Phi) is 3.97. The molecule has 6 heteroatoms. The first-order valence-corrected chi connectivity index (χ1v) is 9.50. The second-order valence-electron chi connectivity index (χ2n) is 6.02. The number of carbonyl (C=O) groups is 1. The van der Waals surface area contributed by atoms with Gasteiger partial charge < -0.3 is 5.32 Å². The number of aromatic nitrogens is 2. The van der Waals surface area contributed by atoms with Crippen molar-refractivity contribution in [1.29, 1.82) is 0 Å². The number of rotatable bonds is 3. The Hall–Kier alpha value is -2.73. The highest BCUT2D eigenvalue weighted by molar-refractivity contribution is 7.83. The number of fused-ring (bicyclic) bond motifs is 1. The van der Waals surface area contributed by atoms with Crippen LogP contribution >= 0.6 is 0 Å². The van der Waals surface area contributed by atoms with Crippen LogP contribution in [0.3, 0.4) is 0 Å². The highest BCUT2D eigenvalue weighted by atomic mass is 32.2. The summed E-state index contributed by atoms with van der Waals surface area (Å²) in [6.45, 7) is 1.91. The van der Waals surface area contributed by atoms with Crippen molar-refractivity contribution < 1.29 is 9.00 Å². The summed E-state index contributed by atoms with van der Waals surface area (Å²) in [5.74, 6) is 1.28. The molecule has 2 aromatic carbocycles. The topological polar surface area (TPSA) is 64.0 Å². The van der Waals surface area contributed by atoms with Crippen molar-refractivity contribution in [2.75, 3.05) is 5.32 Å². The highest BCUT2D eigenvalue weighted by Gasteiger charge is 2.28. The zero-order valence-electron chi connectivity index (χ0n) is 13.7. The van der Waals surface area contributed by atoms with E-state index < -0.39 is 10.8 Å². The molecule has 1 N–H and O–H groups in total. The first-order valence-electron chi connectivity index (χ1n) is 8.01. The number of carbonyl (C=O) groups excluding carboxylic acids is 1. The van der Waals surface area contributed by atoms with Crippen LogP contribution in [0.25, 0.3) is 5.69 Å². The Balaban J connectivity index is 1.77. The predicted molar refractivity (Wildman–Crippen MR) is 98.2 cm³/mol. The van der Waals surface area contributed by atoms with Gasteiger partial charge in [-0.15, -0.1) is 0 Å². The molecule has 5 nitrogen and oxygen atoms in total. The first-order chi connectivity index (χ1) is 12.1. The van der Waals surface area contributed by atoms with E-state index in [2.05, 4.69) is 10.4 Å². The molecule has 1 aromatic heterocycles. The molecule has 0 saturated heterocycles. The minimum atomic E-state index is -0.954. The lowest BCUT2D eigenvalue weighted by molar-refractivity contribution is 0.102. The largest absolute Gasteiger partial charge is 0.306 e. The van der Waals surface area contributed by atoms with Gasteiger partial charge in [0, 0.05) is 21.9 Å². The third-order valence-electron chi connectivity index (χ3n) is 4.29. The lowest BCUT2D eigenvalue weighted by Crippen LogP contribution is -2.17. The molecule has 0 spiro atoms. The quantitative estimate of drug-likeness (QED) is 0.788. The van der Waals surface area contributed by atoms with Crippen LogP contribution in [0.5, 0.6) is 0 Å². The number of aryl methyl sites for hydroxylation is 1. The summed E-state index contributed by atoms with van der Waals surface area (Å²) >= 11 is 0. The second-order valence-corrected chi connectivity index (χ2v) is 7.48. The molecule has 2 heterocycles. The predicted octanol–water partition coefficient (Wildman–Crippen LogP) is 3.20. The van der Waals surface area contributed by atoms with Gasteiger partial charge in [0.1, 0.15) is 5.82 Å². The molecule has 1 unspecified atom stereocenters. The Morgan fingerprint density at radius 1 is 1.08 bits per heavy atom. The van der Waals surface area contributed by atoms with Crippen molar-refractivity contribution in [3.8, 4) is 5.69 Å². The van der Waals surface area contributed by atoms with E-state index in [4.69, 9.17) is 0 Å². The van der Waals surface area contributed by atoms with Gasteiger partial charge in [0.25, 0.3) is 5.91 Å². The molecule has 25 heavy (non-hydrogen) atoms. The van der Waals surface area contributed by atoms with E-state index in [1.165, 1.54) is 0 Å².